The Bertz CT molecular complexity index is 1170. The number of aromatic amines is 1. The number of para-hydroxylation sites is 1. The Hall–Kier alpha value is -4.00. The highest BCUT2D eigenvalue weighted by atomic mass is 16.1. The molecule has 0 unspecified atom stereocenters. The minimum Gasteiger partial charge on any atom is -0.321 e. The molecule has 7 nitrogen and oxygen atoms in total. The molecule has 0 atom stereocenters. The molecule has 4 aromatic rings. The molecule has 2 heterocycles. The number of rotatable bonds is 4. The summed E-state index contributed by atoms with van der Waals surface area (Å²) in [5.41, 5.74) is 3.41. The van der Waals surface area contributed by atoms with Crippen molar-refractivity contribution in [3.8, 4) is 16.9 Å². The van der Waals surface area contributed by atoms with E-state index in [4.69, 9.17) is 0 Å². The second kappa shape index (κ2) is 7.32. The van der Waals surface area contributed by atoms with Gasteiger partial charge in [-0.15, -0.1) is 0 Å². The van der Waals surface area contributed by atoms with Crippen LogP contribution in [0.5, 0.6) is 0 Å². The monoisotopic (exact) mass is 371 g/mol. The SMILES string of the molecule is Cc1c(C(=O)Nc2ccccc2-c2ccccc2)cnn1-c1ccc(=O)[nH]n1. The van der Waals surface area contributed by atoms with Crippen molar-refractivity contribution in [2.24, 2.45) is 0 Å². The standard InChI is InChI=1S/C21H17N5O2/c1-14-17(13-22-26(14)19-11-12-20(27)25-24-19)21(28)23-18-10-6-5-9-16(18)15-7-3-2-4-8-15/h2-13H,1H3,(H,23,28)(H,25,27). The molecule has 2 N–H and O–H groups in total. The molecule has 0 saturated heterocycles. The molecule has 0 radical (unpaired) electrons. The molecular formula is C21H17N5O2. The number of hydrogen-bond acceptors (Lipinski definition) is 4. The van der Waals surface area contributed by atoms with Crippen LogP contribution in [-0.2, 0) is 0 Å². The fourth-order valence-corrected chi connectivity index (χ4v) is 2.97. The lowest BCUT2D eigenvalue weighted by atomic mass is 10.0. The second-order valence-electron chi connectivity index (χ2n) is 6.20. The van der Waals surface area contributed by atoms with Crippen LogP contribution in [0.25, 0.3) is 16.9 Å². The Morgan fingerprint density at radius 1 is 1.00 bits per heavy atom. The number of amides is 1. The first-order valence-electron chi connectivity index (χ1n) is 8.70. The number of H-pyrrole nitrogens is 1. The molecule has 2 aromatic carbocycles. The minimum absolute atomic E-state index is 0.267. The molecule has 0 saturated carbocycles. The van der Waals surface area contributed by atoms with Crippen LogP contribution in [0.1, 0.15) is 16.1 Å². The molecule has 2 aromatic heterocycles. The van der Waals surface area contributed by atoms with Crippen molar-refractivity contribution in [2.75, 3.05) is 5.32 Å². The first kappa shape index (κ1) is 17.4. The third kappa shape index (κ3) is 3.33. The van der Waals surface area contributed by atoms with E-state index in [-0.39, 0.29) is 11.5 Å². The molecule has 1 amide bonds. The summed E-state index contributed by atoms with van der Waals surface area (Å²) < 4.78 is 1.51. The molecule has 0 aliphatic carbocycles. The summed E-state index contributed by atoms with van der Waals surface area (Å²) in [6, 6.07) is 20.4. The predicted octanol–water partition coefficient (Wildman–Crippen LogP) is 3.18. The summed E-state index contributed by atoms with van der Waals surface area (Å²) in [6.45, 7) is 1.78. The van der Waals surface area contributed by atoms with E-state index in [2.05, 4.69) is 20.6 Å². The number of hydrogen-bond donors (Lipinski definition) is 2. The van der Waals surface area contributed by atoms with E-state index in [1.165, 1.54) is 16.9 Å². The average molecular weight is 371 g/mol. The Morgan fingerprint density at radius 3 is 2.50 bits per heavy atom. The number of nitrogens with one attached hydrogen (secondary N) is 2. The summed E-state index contributed by atoms with van der Waals surface area (Å²) in [5, 5.41) is 13.5. The van der Waals surface area contributed by atoms with E-state index in [1.807, 2.05) is 54.6 Å². The zero-order valence-electron chi connectivity index (χ0n) is 15.1. The third-order valence-electron chi connectivity index (χ3n) is 4.40. The van der Waals surface area contributed by atoms with Crippen molar-refractivity contribution >= 4 is 11.6 Å². The van der Waals surface area contributed by atoms with Gasteiger partial charge in [0.2, 0.25) is 0 Å². The molecule has 138 valence electrons. The molecular weight excluding hydrogens is 354 g/mol. The van der Waals surface area contributed by atoms with E-state index in [0.29, 0.717) is 22.8 Å². The number of anilines is 1. The number of carbonyl (C=O) groups excluding carboxylic acids is 1. The number of benzene rings is 2. The van der Waals surface area contributed by atoms with Crippen LogP contribution in [-0.4, -0.2) is 25.9 Å². The fourth-order valence-electron chi connectivity index (χ4n) is 2.97. The van der Waals surface area contributed by atoms with Gasteiger partial charge in [0.25, 0.3) is 11.5 Å². The summed E-state index contributed by atoms with van der Waals surface area (Å²) in [7, 11) is 0. The minimum atomic E-state index is -0.302. The van der Waals surface area contributed by atoms with E-state index >= 15 is 0 Å². The maximum absolute atomic E-state index is 12.9. The van der Waals surface area contributed by atoms with E-state index < -0.39 is 0 Å². The average Bonchev–Trinajstić information content (AvgIpc) is 3.11. The lowest BCUT2D eigenvalue weighted by Gasteiger charge is -2.11. The van der Waals surface area contributed by atoms with Gasteiger partial charge in [-0.2, -0.15) is 10.2 Å². The van der Waals surface area contributed by atoms with Gasteiger partial charge in [-0.05, 0) is 24.6 Å². The highest BCUT2D eigenvalue weighted by Gasteiger charge is 2.17. The third-order valence-corrected chi connectivity index (χ3v) is 4.40. The van der Waals surface area contributed by atoms with Gasteiger partial charge in [0.1, 0.15) is 0 Å². The quantitative estimate of drug-likeness (QED) is 0.576. The predicted molar refractivity (Wildman–Crippen MR) is 107 cm³/mol. The van der Waals surface area contributed by atoms with Crippen LogP contribution >= 0.6 is 0 Å². The summed E-state index contributed by atoms with van der Waals surface area (Å²) in [6.07, 6.45) is 1.49. The van der Waals surface area contributed by atoms with Gasteiger partial charge in [-0.25, -0.2) is 9.78 Å². The zero-order chi connectivity index (χ0) is 19.5. The van der Waals surface area contributed by atoms with Crippen LogP contribution in [0, 0.1) is 6.92 Å². The molecule has 0 aliphatic heterocycles. The molecule has 0 aliphatic rings. The van der Waals surface area contributed by atoms with Crippen molar-refractivity contribution in [1.82, 2.24) is 20.0 Å². The fraction of sp³-hybridized carbons (Fsp3) is 0.0476. The van der Waals surface area contributed by atoms with Gasteiger partial charge in [-0.1, -0.05) is 48.5 Å². The molecule has 0 spiro atoms. The van der Waals surface area contributed by atoms with Gasteiger partial charge in [0.15, 0.2) is 5.82 Å². The van der Waals surface area contributed by atoms with Crippen LogP contribution in [0.15, 0.2) is 77.7 Å². The van der Waals surface area contributed by atoms with Crippen molar-refractivity contribution < 1.29 is 4.79 Å². The molecule has 7 heteroatoms. The van der Waals surface area contributed by atoms with Crippen molar-refractivity contribution in [3.63, 3.8) is 0 Å². The van der Waals surface area contributed by atoms with Gasteiger partial charge in [0, 0.05) is 17.3 Å². The maximum atomic E-state index is 12.9. The van der Waals surface area contributed by atoms with E-state index in [9.17, 15) is 9.59 Å². The lowest BCUT2D eigenvalue weighted by molar-refractivity contribution is 0.102. The van der Waals surface area contributed by atoms with Crippen molar-refractivity contribution in [2.45, 2.75) is 6.92 Å². The molecule has 0 bridgehead atoms. The first-order chi connectivity index (χ1) is 13.6. The molecule has 0 fully saturated rings. The first-order valence-corrected chi connectivity index (χ1v) is 8.70. The Balaban J connectivity index is 1.64. The van der Waals surface area contributed by atoms with E-state index in [0.717, 1.165) is 11.1 Å². The summed E-state index contributed by atoms with van der Waals surface area (Å²) in [5.74, 6) is 0.164. The normalized spacial score (nSPS) is 10.6. The van der Waals surface area contributed by atoms with Crippen LogP contribution < -0.4 is 10.9 Å². The second-order valence-corrected chi connectivity index (χ2v) is 6.20. The largest absolute Gasteiger partial charge is 0.321 e. The Labute approximate surface area is 160 Å². The Morgan fingerprint density at radius 2 is 1.75 bits per heavy atom. The summed E-state index contributed by atoms with van der Waals surface area (Å²) >= 11 is 0. The highest BCUT2D eigenvalue weighted by Crippen LogP contribution is 2.28. The maximum Gasteiger partial charge on any atom is 0.264 e. The van der Waals surface area contributed by atoms with Gasteiger partial charge in [0.05, 0.1) is 17.5 Å². The highest BCUT2D eigenvalue weighted by molar-refractivity contribution is 6.06. The van der Waals surface area contributed by atoms with Gasteiger partial charge in [-0.3, -0.25) is 9.59 Å². The molecule has 4 rings (SSSR count). The number of nitrogens with zero attached hydrogens (tertiary/aromatic N) is 3. The van der Waals surface area contributed by atoms with Crippen LogP contribution in [0.3, 0.4) is 0 Å². The number of aromatic nitrogens is 4. The van der Waals surface area contributed by atoms with Crippen molar-refractivity contribution in [3.05, 3.63) is 94.5 Å². The van der Waals surface area contributed by atoms with Gasteiger partial charge >= 0.3 is 0 Å². The van der Waals surface area contributed by atoms with Crippen molar-refractivity contribution in [1.29, 1.82) is 0 Å². The Kier molecular flexibility index (Phi) is 4.55. The summed E-state index contributed by atoms with van der Waals surface area (Å²) in [4.78, 5) is 24.1. The van der Waals surface area contributed by atoms with Crippen LogP contribution in [0.4, 0.5) is 5.69 Å². The number of carbonyl (C=O) groups is 1. The topological polar surface area (TPSA) is 92.7 Å². The van der Waals surface area contributed by atoms with Gasteiger partial charge < -0.3 is 5.32 Å². The molecule has 28 heavy (non-hydrogen) atoms. The zero-order valence-corrected chi connectivity index (χ0v) is 15.1. The smallest absolute Gasteiger partial charge is 0.264 e. The van der Waals surface area contributed by atoms with Crippen LogP contribution in [0.2, 0.25) is 0 Å². The van der Waals surface area contributed by atoms with E-state index in [1.54, 1.807) is 13.0 Å². The lowest BCUT2D eigenvalue weighted by Crippen LogP contribution is -2.14.